The second kappa shape index (κ2) is 7.40. The van der Waals surface area contributed by atoms with E-state index in [0.29, 0.717) is 23.1 Å². The van der Waals surface area contributed by atoms with Gasteiger partial charge in [-0.2, -0.15) is 15.1 Å². The van der Waals surface area contributed by atoms with Gasteiger partial charge in [-0.1, -0.05) is 23.8 Å². The Hall–Kier alpha value is -3.87. The van der Waals surface area contributed by atoms with Gasteiger partial charge in [0, 0.05) is 29.1 Å². The second-order valence-electron chi connectivity index (χ2n) is 6.52. The van der Waals surface area contributed by atoms with Crippen molar-refractivity contribution < 1.29 is 4.74 Å². The van der Waals surface area contributed by atoms with Crippen molar-refractivity contribution in [3.8, 4) is 23.0 Å². The topological polar surface area (TPSA) is 102 Å². The summed E-state index contributed by atoms with van der Waals surface area (Å²) < 4.78 is 5.86. The Morgan fingerprint density at radius 3 is 2.46 bits per heavy atom. The second-order valence-corrected chi connectivity index (χ2v) is 6.52. The standard InChI is InChI=1S/C21H20N6O/c1-13-4-3-5-15(10-13)18-12-19(24-20-11-14(2)26-27-20)25-21(23-18)28-17-8-6-16(22)7-9-17/h3-12H,22H2,1-2H3,(H2,23,24,25,26,27). The SMILES string of the molecule is Cc1cccc(-c2cc(Nc3cc(C)[nH]n3)nc(Oc3ccc(N)cc3)n2)c1. The number of nitrogens with two attached hydrogens (primary N) is 1. The van der Waals surface area contributed by atoms with E-state index in [1.54, 1.807) is 24.3 Å². The summed E-state index contributed by atoms with van der Waals surface area (Å²) in [5.74, 6) is 1.87. The van der Waals surface area contributed by atoms with E-state index in [1.807, 2.05) is 44.2 Å². The minimum atomic E-state index is 0.235. The largest absolute Gasteiger partial charge is 0.424 e. The Morgan fingerprint density at radius 1 is 0.929 bits per heavy atom. The number of aromatic nitrogens is 4. The smallest absolute Gasteiger partial charge is 0.324 e. The van der Waals surface area contributed by atoms with Gasteiger partial charge in [0.15, 0.2) is 5.82 Å². The minimum Gasteiger partial charge on any atom is -0.424 e. The molecule has 4 rings (SSSR count). The van der Waals surface area contributed by atoms with Crippen LogP contribution in [0.5, 0.6) is 11.8 Å². The summed E-state index contributed by atoms with van der Waals surface area (Å²) >= 11 is 0. The van der Waals surface area contributed by atoms with Crippen molar-refractivity contribution in [3.63, 3.8) is 0 Å². The van der Waals surface area contributed by atoms with Crippen molar-refractivity contribution in [3.05, 3.63) is 71.9 Å². The van der Waals surface area contributed by atoms with Crippen molar-refractivity contribution >= 4 is 17.3 Å². The third kappa shape index (κ3) is 4.09. The van der Waals surface area contributed by atoms with Gasteiger partial charge in [-0.3, -0.25) is 5.10 Å². The maximum Gasteiger partial charge on any atom is 0.324 e. The number of nitrogen functional groups attached to an aromatic ring is 1. The van der Waals surface area contributed by atoms with Crippen LogP contribution in [0.2, 0.25) is 0 Å². The van der Waals surface area contributed by atoms with E-state index in [0.717, 1.165) is 22.5 Å². The number of ether oxygens (including phenoxy) is 1. The lowest BCUT2D eigenvalue weighted by Crippen LogP contribution is -2.00. The van der Waals surface area contributed by atoms with Crippen molar-refractivity contribution in [1.82, 2.24) is 20.2 Å². The molecule has 2 aromatic heterocycles. The van der Waals surface area contributed by atoms with Crippen LogP contribution in [0.15, 0.2) is 60.7 Å². The first-order valence-electron chi connectivity index (χ1n) is 8.84. The number of rotatable bonds is 5. The summed E-state index contributed by atoms with van der Waals surface area (Å²) in [5.41, 5.74) is 10.2. The summed E-state index contributed by atoms with van der Waals surface area (Å²) in [5, 5.41) is 10.3. The first-order valence-corrected chi connectivity index (χ1v) is 8.84. The highest BCUT2D eigenvalue weighted by Crippen LogP contribution is 2.27. The molecule has 2 heterocycles. The van der Waals surface area contributed by atoms with Crippen molar-refractivity contribution in [2.45, 2.75) is 13.8 Å². The molecule has 0 bridgehead atoms. The maximum atomic E-state index is 5.86. The number of aromatic amines is 1. The molecule has 4 N–H and O–H groups in total. The van der Waals surface area contributed by atoms with Crippen LogP contribution in [0.3, 0.4) is 0 Å². The number of H-pyrrole nitrogens is 1. The molecule has 0 aliphatic rings. The third-order valence-electron chi connectivity index (χ3n) is 4.07. The van der Waals surface area contributed by atoms with Gasteiger partial charge in [0.25, 0.3) is 0 Å². The highest BCUT2D eigenvalue weighted by atomic mass is 16.5. The van der Waals surface area contributed by atoms with Crippen molar-refractivity contribution in [2.24, 2.45) is 0 Å². The van der Waals surface area contributed by atoms with Crippen LogP contribution in [0.1, 0.15) is 11.3 Å². The lowest BCUT2D eigenvalue weighted by atomic mass is 10.1. The molecular formula is C21H20N6O. The molecule has 7 heteroatoms. The van der Waals surface area contributed by atoms with E-state index < -0.39 is 0 Å². The van der Waals surface area contributed by atoms with Crippen LogP contribution >= 0.6 is 0 Å². The molecule has 0 amide bonds. The average molecular weight is 372 g/mol. The molecule has 0 radical (unpaired) electrons. The van der Waals surface area contributed by atoms with E-state index in [9.17, 15) is 0 Å². The number of aryl methyl sites for hydroxylation is 2. The molecule has 0 saturated heterocycles. The van der Waals surface area contributed by atoms with Gasteiger partial charge in [0.2, 0.25) is 0 Å². The van der Waals surface area contributed by atoms with E-state index >= 15 is 0 Å². The molecule has 140 valence electrons. The van der Waals surface area contributed by atoms with Gasteiger partial charge in [-0.05, 0) is 44.2 Å². The molecule has 0 spiro atoms. The number of hydrogen-bond acceptors (Lipinski definition) is 6. The van der Waals surface area contributed by atoms with Crippen LogP contribution in [-0.2, 0) is 0 Å². The lowest BCUT2D eigenvalue weighted by molar-refractivity contribution is 0.443. The highest BCUT2D eigenvalue weighted by molar-refractivity contribution is 5.66. The van der Waals surface area contributed by atoms with Gasteiger partial charge in [-0.25, -0.2) is 0 Å². The Labute approximate surface area is 162 Å². The first kappa shape index (κ1) is 17.5. The quantitative estimate of drug-likeness (QED) is 0.443. The summed E-state index contributed by atoms with van der Waals surface area (Å²) in [6.45, 7) is 3.98. The zero-order valence-corrected chi connectivity index (χ0v) is 15.6. The Morgan fingerprint density at radius 2 is 1.75 bits per heavy atom. The third-order valence-corrected chi connectivity index (χ3v) is 4.07. The van der Waals surface area contributed by atoms with Crippen LogP contribution in [0.4, 0.5) is 17.3 Å². The van der Waals surface area contributed by atoms with E-state index in [-0.39, 0.29) is 6.01 Å². The summed E-state index contributed by atoms with van der Waals surface area (Å²) in [6, 6.07) is 19.2. The number of anilines is 3. The van der Waals surface area contributed by atoms with Gasteiger partial charge in [0.1, 0.15) is 11.6 Å². The summed E-state index contributed by atoms with van der Waals surface area (Å²) in [4.78, 5) is 9.05. The fourth-order valence-electron chi connectivity index (χ4n) is 2.74. The lowest BCUT2D eigenvalue weighted by Gasteiger charge is -2.10. The van der Waals surface area contributed by atoms with Crippen molar-refractivity contribution in [1.29, 1.82) is 0 Å². The van der Waals surface area contributed by atoms with Gasteiger partial charge >= 0.3 is 6.01 Å². The molecule has 0 fully saturated rings. The van der Waals surface area contributed by atoms with Crippen LogP contribution < -0.4 is 15.8 Å². The molecule has 0 aliphatic carbocycles. The normalized spacial score (nSPS) is 10.6. The molecule has 0 aliphatic heterocycles. The van der Waals surface area contributed by atoms with Crippen LogP contribution in [0.25, 0.3) is 11.3 Å². The maximum absolute atomic E-state index is 5.86. The first-order chi connectivity index (χ1) is 13.5. The molecule has 2 aromatic carbocycles. The molecule has 0 atom stereocenters. The molecule has 4 aromatic rings. The van der Waals surface area contributed by atoms with Crippen LogP contribution in [0, 0.1) is 13.8 Å². The highest BCUT2D eigenvalue weighted by Gasteiger charge is 2.10. The minimum absolute atomic E-state index is 0.235. The number of nitrogens with one attached hydrogen (secondary N) is 2. The zero-order chi connectivity index (χ0) is 19.5. The molecule has 28 heavy (non-hydrogen) atoms. The average Bonchev–Trinajstić information content (AvgIpc) is 3.08. The van der Waals surface area contributed by atoms with Gasteiger partial charge in [-0.15, -0.1) is 0 Å². The predicted octanol–water partition coefficient (Wildman–Crippen LogP) is 4.60. The van der Waals surface area contributed by atoms with Gasteiger partial charge < -0.3 is 15.8 Å². The van der Waals surface area contributed by atoms with Crippen molar-refractivity contribution in [2.75, 3.05) is 11.1 Å². The molecule has 0 saturated carbocycles. The molecular weight excluding hydrogens is 352 g/mol. The molecule has 0 unspecified atom stereocenters. The number of hydrogen-bond donors (Lipinski definition) is 3. The van der Waals surface area contributed by atoms with E-state index in [2.05, 4.69) is 31.5 Å². The fraction of sp³-hybridized carbons (Fsp3) is 0.0952. The Kier molecular flexibility index (Phi) is 4.63. The Bertz CT molecular complexity index is 1100. The molecule has 7 nitrogen and oxygen atoms in total. The number of nitrogens with zero attached hydrogens (tertiary/aromatic N) is 3. The van der Waals surface area contributed by atoms with E-state index in [1.165, 1.54) is 0 Å². The number of benzene rings is 2. The Balaban J connectivity index is 1.72. The van der Waals surface area contributed by atoms with E-state index in [4.69, 9.17) is 10.5 Å². The summed E-state index contributed by atoms with van der Waals surface area (Å²) in [6.07, 6.45) is 0. The van der Waals surface area contributed by atoms with Crippen LogP contribution in [-0.4, -0.2) is 20.2 Å². The zero-order valence-electron chi connectivity index (χ0n) is 15.6. The monoisotopic (exact) mass is 372 g/mol. The fourth-order valence-corrected chi connectivity index (χ4v) is 2.74. The predicted molar refractivity (Wildman–Crippen MR) is 110 cm³/mol. The van der Waals surface area contributed by atoms with Gasteiger partial charge in [0.05, 0.1) is 5.69 Å². The summed E-state index contributed by atoms with van der Waals surface area (Å²) in [7, 11) is 0.